The second kappa shape index (κ2) is 7.86. The zero-order valence-electron chi connectivity index (χ0n) is 14.7. The van der Waals surface area contributed by atoms with Crippen LogP contribution in [0.1, 0.15) is 41.2 Å². The zero-order valence-corrected chi connectivity index (χ0v) is 14.7. The second-order valence-electron chi connectivity index (χ2n) is 6.37. The third-order valence-electron chi connectivity index (χ3n) is 3.85. The summed E-state index contributed by atoms with van der Waals surface area (Å²) in [7, 11) is 0. The molecule has 2 N–H and O–H groups in total. The summed E-state index contributed by atoms with van der Waals surface area (Å²) in [6, 6.07) is 9.91. The van der Waals surface area contributed by atoms with Gasteiger partial charge in [0.1, 0.15) is 11.4 Å². The Morgan fingerprint density at radius 2 is 1.81 bits per heavy atom. The van der Waals surface area contributed by atoms with E-state index in [1.165, 1.54) is 0 Å². The van der Waals surface area contributed by atoms with E-state index in [1.807, 2.05) is 0 Å². The Hall–Kier alpha value is -3.09. The molecule has 26 heavy (non-hydrogen) atoms. The number of benzene rings is 1. The fourth-order valence-electron chi connectivity index (χ4n) is 2.42. The van der Waals surface area contributed by atoms with Gasteiger partial charge in [-0.15, -0.1) is 0 Å². The third-order valence-corrected chi connectivity index (χ3v) is 3.85. The van der Waals surface area contributed by atoms with Crippen LogP contribution in [0.3, 0.4) is 0 Å². The highest BCUT2D eigenvalue weighted by molar-refractivity contribution is 6.04. The number of nitrogens with zero attached hydrogens (tertiary/aromatic N) is 1. The summed E-state index contributed by atoms with van der Waals surface area (Å²) in [5.74, 6) is 1.03. The number of amides is 2. The number of pyridine rings is 1. The molecule has 1 aliphatic rings. The number of carbonyl (C=O) groups excluding carboxylic acids is 2. The summed E-state index contributed by atoms with van der Waals surface area (Å²) in [4.78, 5) is 28.7. The number of fused-ring (bicyclic) bond motifs is 1. The van der Waals surface area contributed by atoms with Crippen LogP contribution in [0, 0.1) is 5.92 Å². The summed E-state index contributed by atoms with van der Waals surface area (Å²) >= 11 is 0. The van der Waals surface area contributed by atoms with Crippen LogP contribution in [0.5, 0.6) is 11.5 Å². The summed E-state index contributed by atoms with van der Waals surface area (Å²) in [6.07, 6.45) is 0.885. The summed E-state index contributed by atoms with van der Waals surface area (Å²) < 4.78 is 10.5. The first kappa shape index (κ1) is 17.7. The standard InChI is InChI=1S/C19H21N3O4/c1-12(2)8-9-20-18(23)14-4-3-5-15(22-14)19(24)21-13-6-7-16-17(10-13)26-11-25-16/h3-7,10,12H,8-9,11H2,1-2H3,(H,20,23)(H,21,24). The molecule has 0 unspecified atom stereocenters. The van der Waals surface area contributed by atoms with E-state index in [9.17, 15) is 9.59 Å². The largest absolute Gasteiger partial charge is 0.454 e. The van der Waals surface area contributed by atoms with E-state index < -0.39 is 5.91 Å². The number of ether oxygens (including phenoxy) is 2. The van der Waals surface area contributed by atoms with Gasteiger partial charge in [-0.3, -0.25) is 9.59 Å². The van der Waals surface area contributed by atoms with Gasteiger partial charge in [-0.2, -0.15) is 0 Å². The molecule has 2 aromatic rings. The van der Waals surface area contributed by atoms with Gasteiger partial charge in [-0.25, -0.2) is 4.98 Å². The van der Waals surface area contributed by atoms with Crippen molar-refractivity contribution < 1.29 is 19.1 Å². The van der Waals surface area contributed by atoms with Gasteiger partial charge in [-0.1, -0.05) is 19.9 Å². The molecular formula is C19H21N3O4. The molecule has 0 radical (unpaired) electrons. The summed E-state index contributed by atoms with van der Waals surface area (Å²) in [6.45, 7) is 4.92. The van der Waals surface area contributed by atoms with Crippen molar-refractivity contribution in [3.8, 4) is 11.5 Å². The molecule has 0 saturated carbocycles. The minimum absolute atomic E-state index is 0.166. The highest BCUT2D eigenvalue weighted by Gasteiger charge is 2.16. The fraction of sp³-hybridized carbons (Fsp3) is 0.316. The van der Waals surface area contributed by atoms with Crippen molar-refractivity contribution >= 4 is 17.5 Å². The van der Waals surface area contributed by atoms with E-state index in [2.05, 4.69) is 29.5 Å². The SMILES string of the molecule is CC(C)CCNC(=O)c1cccc(C(=O)Nc2ccc3c(c2)OCO3)n1. The van der Waals surface area contributed by atoms with Crippen molar-refractivity contribution in [2.24, 2.45) is 5.92 Å². The van der Waals surface area contributed by atoms with Crippen molar-refractivity contribution in [2.75, 3.05) is 18.7 Å². The van der Waals surface area contributed by atoms with Crippen LogP contribution in [0.2, 0.25) is 0 Å². The molecular weight excluding hydrogens is 334 g/mol. The van der Waals surface area contributed by atoms with Crippen LogP contribution in [-0.2, 0) is 0 Å². The second-order valence-corrected chi connectivity index (χ2v) is 6.37. The van der Waals surface area contributed by atoms with E-state index in [1.54, 1.807) is 36.4 Å². The molecule has 3 rings (SSSR count). The van der Waals surface area contributed by atoms with Crippen LogP contribution in [-0.4, -0.2) is 30.1 Å². The van der Waals surface area contributed by atoms with E-state index in [4.69, 9.17) is 9.47 Å². The molecule has 2 heterocycles. The fourth-order valence-corrected chi connectivity index (χ4v) is 2.42. The Labute approximate surface area is 151 Å². The molecule has 1 aromatic carbocycles. The number of hydrogen-bond acceptors (Lipinski definition) is 5. The molecule has 0 bridgehead atoms. The lowest BCUT2D eigenvalue weighted by Gasteiger charge is -2.08. The van der Waals surface area contributed by atoms with Crippen LogP contribution < -0.4 is 20.1 Å². The molecule has 0 spiro atoms. The monoisotopic (exact) mass is 355 g/mol. The average molecular weight is 355 g/mol. The Morgan fingerprint density at radius 1 is 1.08 bits per heavy atom. The predicted octanol–water partition coefficient (Wildman–Crippen LogP) is 2.84. The lowest BCUT2D eigenvalue weighted by atomic mass is 10.1. The van der Waals surface area contributed by atoms with Gasteiger partial charge < -0.3 is 20.1 Å². The average Bonchev–Trinajstić information content (AvgIpc) is 3.09. The van der Waals surface area contributed by atoms with Gasteiger partial charge in [0.2, 0.25) is 6.79 Å². The molecule has 0 atom stereocenters. The van der Waals surface area contributed by atoms with Gasteiger partial charge >= 0.3 is 0 Å². The van der Waals surface area contributed by atoms with Gasteiger partial charge in [0, 0.05) is 18.3 Å². The summed E-state index contributed by atoms with van der Waals surface area (Å²) in [5.41, 5.74) is 0.944. The lowest BCUT2D eigenvalue weighted by Crippen LogP contribution is -2.27. The molecule has 0 saturated heterocycles. The molecule has 1 aliphatic heterocycles. The van der Waals surface area contributed by atoms with Crippen molar-refractivity contribution in [1.29, 1.82) is 0 Å². The molecule has 0 fully saturated rings. The Balaban J connectivity index is 1.65. The smallest absolute Gasteiger partial charge is 0.274 e. The highest BCUT2D eigenvalue weighted by Crippen LogP contribution is 2.34. The normalized spacial score (nSPS) is 12.1. The third kappa shape index (κ3) is 4.30. The van der Waals surface area contributed by atoms with E-state index >= 15 is 0 Å². The van der Waals surface area contributed by atoms with Gasteiger partial charge in [0.25, 0.3) is 11.8 Å². The Bertz CT molecular complexity index is 820. The topological polar surface area (TPSA) is 89.6 Å². The summed E-state index contributed by atoms with van der Waals surface area (Å²) in [5, 5.41) is 5.55. The number of nitrogens with one attached hydrogen (secondary N) is 2. The first-order valence-electron chi connectivity index (χ1n) is 8.49. The number of rotatable bonds is 6. The number of aromatic nitrogens is 1. The van der Waals surface area contributed by atoms with Gasteiger partial charge in [0.15, 0.2) is 11.5 Å². The molecule has 7 nitrogen and oxygen atoms in total. The molecule has 7 heteroatoms. The minimum atomic E-state index is -0.402. The van der Waals surface area contributed by atoms with Crippen LogP contribution in [0.25, 0.3) is 0 Å². The molecule has 2 amide bonds. The number of hydrogen-bond donors (Lipinski definition) is 2. The Morgan fingerprint density at radius 3 is 2.58 bits per heavy atom. The molecule has 0 aliphatic carbocycles. The molecule has 1 aromatic heterocycles. The van der Waals surface area contributed by atoms with Crippen molar-refractivity contribution in [2.45, 2.75) is 20.3 Å². The zero-order chi connectivity index (χ0) is 18.5. The minimum Gasteiger partial charge on any atom is -0.454 e. The maximum Gasteiger partial charge on any atom is 0.274 e. The van der Waals surface area contributed by atoms with Crippen molar-refractivity contribution in [3.05, 3.63) is 47.8 Å². The first-order chi connectivity index (χ1) is 12.5. The maximum atomic E-state index is 12.4. The van der Waals surface area contributed by atoms with Crippen LogP contribution >= 0.6 is 0 Å². The predicted molar refractivity (Wildman–Crippen MR) is 96.5 cm³/mol. The quantitative estimate of drug-likeness (QED) is 0.832. The van der Waals surface area contributed by atoms with Gasteiger partial charge in [-0.05, 0) is 36.6 Å². The van der Waals surface area contributed by atoms with E-state index in [0.717, 1.165) is 6.42 Å². The van der Waals surface area contributed by atoms with Gasteiger partial charge in [0.05, 0.1) is 0 Å². The van der Waals surface area contributed by atoms with Crippen molar-refractivity contribution in [3.63, 3.8) is 0 Å². The van der Waals surface area contributed by atoms with Crippen LogP contribution in [0.4, 0.5) is 5.69 Å². The first-order valence-corrected chi connectivity index (χ1v) is 8.49. The Kier molecular flexibility index (Phi) is 5.36. The maximum absolute atomic E-state index is 12.4. The number of anilines is 1. The van der Waals surface area contributed by atoms with Crippen LogP contribution in [0.15, 0.2) is 36.4 Å². The lowest BCUT2D eigenvalue weighted by molar-refractivity contribution is 0.0947. The highest BCUT2D eigenvalue weighted by atomic mass is 16.7. The van der Waals surface area contributed by atoms with E-state index in [0.29, 0.717) is 29.6 Å². The number of carbonyl (C=O) groups is 2. The van der Waals surface area contributed by atoms with Crippen molar-refractivity contribution in [1.82, 2.24) is 10.3 Å². The van der Waals surface area contributed by atoms with E-state index in [-0.39, 0.29) is 24.1 Å². The molecule has 136 valence electrons.